The van der Waals surface area contributed by atoms with Crippen molar-refractivity contribution in [3.8, 4) is 5.75 Å². The maximum Gasteiger partial charge on any atom is 0.338 e. The largest absolute Gasteiger partial charge is 0.488 e. The van der Waals surface area contributed by atoms with Crippen LogP contribution in [0.25, 0.3) is 6.08 Å². The average molecular weight is 533 g/mol. The number of carbonyl (C=O) groups is 2. The second-order valence-corrected chi connectivity index (χ2v) is 9.24. The van der Waals surface area contributed by atoms with Crippen LogP contribution in [-0.2, 0) is 27.3 Å². The normalized spacial score (nSPS) is 11.8. The number of unbranched alkanes of at least 4 members (excludes halogenated alkanes) is 1. The third-order valence-corrected chi connectivity index (χ3v) is 6.25. The molecule has 0 aliphatic heterocycles. The van der Waals surface area contributed by atoms with E-state index in [0.29, 0.717) is 31.8 Å². The Hall–Kier alpha value is -3.93. The molecule has 3 aromatic carbocycles. The molecular weight excluding hydrogens is 495 g/mol. The molecule has 0 amide bonds. The molecule has 0 bridgehead atoms. The molecule has 0 N–H and O–H groups in total. The van der Waals surface area contributed by atoms with Gasteiger partial charge < -0.3 is 14.2 Å². The topological polar surface area (TPSA) is 61.8 Å². The van der Waals surface area contributed by atoms with Gasteiger partial charge in [0.25, 0.3) is 0 Å². The van der Waals surface area contributed by atoms with Gasteiger partial charge in [-0.1, -0.05) is 61.0 Å². The number of para-hydroxylation sites is 1. The molecule has 0 aliphatic rings. The summed E-state index contributed by atoms with van der Waals surface area (Å²) in [6.45, 7) is 4.68. The lowest BCUT2D eigenvalue weighted by Gasteiger charge is -2.14. The van der Waals surface area contributed by atoms with Gasteiger partial charge in [0.2, 0.25) is 0 Å². The SMILES string of the molecule is CCOC(=O)CCCCC(C=Cc1ccccc1OCc1ccc(F)cc1)Cc1ccc(C(=O)OCC)cc1. The standard InChI is InChI=1S/C33H37FO5/c1-3-37-32(35)12-8-5-9-25(23-26-14-19-29(20-15-26)33(36)38-4-2)13-18-28-10-6-7-11-31(28)39-24-27-16-21-30(34)22-17-27/h6-7,10-11,13-22,25H,3-5,8-9,12,23-24H2,1-2H3. The maximum atomic E-state index is 13.2. The number of allylic oxidation sites excluding steroid dienone is 1. The molecule has 0 heterocycles. The third-order valence-electron chi connectivity index (χ3n) is 6.25. The van der Waals surface area contributed by atoms with Crippen molar-refractivity contribution >= 4 is 18.0 Å². The predicted molar refractivity (Wildman–Crippen MR) is 151 cm³/mol. The molecule has 0 spiro atoms. The number of carbonyl (C=O) groups excluding carboxylic acids is 2. The van der Waals surface area contributed by atoms with E-state index in [9.17, 15) is 14.0 Å². The molecule has 39 heavy (non-hydrogen) atoms. The molecular formula is C33H37FO5. The van der Waals surface area contributed by atoms with Crippen molar-refractivity contribution < 1.29 is 28.2 Å². The summed E-state index contributed by atoms with van der Waals surface area (Å²) in [4.78, 5) is 23.7. The van der Waals surface area contributed by atoms with Crippen molar-refractivity contribution in [3.05, 3.63) is 107 Å². The highest BCUT2D eigenvalue weighted by Gasteiger charge is 2.11. The zero-order valence-corrected chi connectivity index (χ0v) is 22.7. The van der Waals surface area contributed by atoms with E-state index < -0.39 is 0 Å². The summed E-state index contributed by atoms with van der Waals surface area (Å²) >= 11 is 0. The van der Waals surface area contributed by atoms with Crippen molar-refractivity contribution in [2.24, 2.45) is 5.92 Å². The molecule has 0 aromatic heterocycles. The summed E-state index contributed by atoms with van der Waals surface area (Å²) in [6.07, 6.45) is 8.01. The first kappa shape index (κ1) is 29.6. The smallest absolute Gasteiger partial charge is 0.338 e. The predicted octanol–water partition coefficient (Wildman–Crippen LogP) is 7.58. The molecule has 1 atom stereocenters. The molecule has 0 radical (unpaired) electrons. The van der Waals surface area contributed by atoms with Crippen molar-refractivity contribution in [1.82, 2.24) is 0 Å². The number of rotatable bonds is 15. The summed E-state index contributed by atoms with van der Waals surface area (Å²) in [5, 5.41) is 0. The van der Waals surface area contributed by atoms with Gasteiger partial charge in [-0.2, -0.15) is 0 Å². The average Bonchev–Trinajstić information content (AvgIpc) is 2.94. The molecule has 3 aromatic rings. The fraction of sp³-hybridized carbons (Fsp3) is 0.333. The summed E-state index contributed by atoms with van der Waals surface area (Å²) < 4.78 is 29.4. The van der Waals surface area contributed by atoms with E-state index in [-0.39, 0.29) is 23.7 Å². The maximum absolute atomic E-state index is 13.2. The van der Waals surface area contributed by atoms with Crippen LogP contribution in [0.4, 0.5) is 4.39 Å². The van der Waals surface area contributed by atoms with Crippen LogP contribution in [0.1, 0.15) is 66.6 Å². The number of halogens is 1. The van der Waals surface area contributed by atoms with E-state index >= 15 is 0 Å². The Kier molecular flexibility index (Phi) is 12.2. The van der Waals surface area contributed by atoms with E-state index in [1.165, 1.54) is 12.1 Å². The lowest BCUT2D eigenvalue weighted by molar-refractivity contribution is -0.143. The second kappa shape index (κ2) is 16.1. The van der Waals surface area contributed by atoms with E-state index in [2.05, 4.69) is 12.2 Å². The fourth-order valence-electron chi connectivity index (χ4n) is 4.20. The second-order valence-electron chi connectivity index (χ2n) is 9.24. The summed E-state index contributed by atoms with van der Waals surface area (Å²) in [5.41, 5.74) is 3.49. The quantitative estimate of drug-likeness (QED) is 0.149. The molecule has 1 unspecified atom stereocenters. The van der Waals surface area contributed by atoms with Crippen LogP contribution >= 0.6 is 0 Å². The number of ether oxygens (including phenoxy) is 3. The van der Waals surface area contributed by atoms with Crippen molar-refractivity contribution in [1.29, 1.82) is 0 Å². The molecule has 5 nitrogen and oxygen atoms in total. The van der Waals surface area contributed by atoms with E-state index in [4.69, 9.17) is 14.2 Å². The van der Waals surface area contributed by atoms with E-state index in [1.54, 1.807) is 31.2 Å². The Balaban J connectivity index is 1.69. The highest BCUT2D eigenvalue weighted by atomic mass is 19.1. The van der Waals surface area contributed by atoms with Crippen molar-refractivity contribution in [2.45, 2.75) is 52.6 Å². The molecule has 0 saturated carbocycles. The van der Waals surface area contributed by atoms with Crippen LogP contribution < -0.4 is 4.74 Å². The van der Waals surface area contributed by atoms with Gasteiger partial charge in [-0.05, 0) is 80.5 Å². The molecule has 0 saturated heterocycles. The van der Waals surface area contributed by atoms with Gasteiger partial charge in [0.15, 0.2) is 0 Å². The van der Waals surface area contributed by atoms with Gasteiger partial charge in [0, 0.05) is 12.0 Å². The number of esters is 2. The van der Waals surface area contributed by atoms with Gasteiger partial charge in [0.1, 0.15) is 18.2 Å². The van der Waals surface area contributed by atoms with Crippen LogP contribution in [0.3, 0.4) is 0 Å². The summed E-state index contributed by atoms with van der Waals surface area (Å²) in [6, 6.07) is 21.6. The van der Waals surface area contributed by atoms with Crippen LogP contribution in [0.15, 0.2) is 78.9 Å². The minimum absolute atomic E-state index is 0.161. The fourth-order valence-corrected chi connectivity index (χ4v) is 4.20. The van der Waals surface area contributed by atoms with Crippen LogP contribution in [0.5, 0.6) is 5.75 Å². The highest BCUT2D eigenvalue weighted by molar-refractivity contribution is 5.89. The van der Waals surface area contributed by atoms with Crippen molar-refractivity contribution in [2.75, 3.05) is 13.2 Å². The zero-order valence-electron chi connectivity index (χ0n) is 22.7. The Morgan fingerprint density at radius 2 is 1.54 bits per heavy atom. The van der Waals surface area contributed by atoms with E-state index in [0.717, 1.165) is 48.1 Å². The van der Waals surface area contributed by atoms with Crippen LogP contribution in [0.2, 0.25) is 0 Å². The Morgan fingerprint density at radius 3 is 2.26 bits per heavy atom. The number of hydrogen-bond donors (Lipinski definition) is 0. The monoisotopic (exact) mass is 532 g/mol. The summed E-state index contributed by atoms with van der Waals surface area (Å²) in [7, 11) is 0. The van der Waals surface area contributed by atoms with Gasteiger partial charge in [-0.25, -0.2) is 9.18 Å². The number of hydrogen-bond acceptors (Lipinski definition) is 5. The highest BCUT2D eigenvalue weighted by Crippen LogP contribution is 2.24. The minimum atomic E-state index is -0.322. The molecule has 3 rings (SSSR count). The van der Waals surface area contributed by atoms with Crippen LogP contribution in [0, 0.1) is 11.7 Å². The Bertz CT molecular complexity index is 1200. The van der Waals surface area contributed by atoms with Gasteiger partial charge in [-0.15, -0.1) is 0 Å². The molecule has 0 aliphatic carbocycles. The molecule has 206 valence electrons. The van der Waals surface area contributed by atoms with Gasteiger partial charge in [0.05, 0.1) is 18.8 Å². The Morgan fingerprint density at radius 1 is 0.846 bits per heavy atom. The number of benzene rings is 3. The first-order valence-corrected chi connectivity index (χ1v) is 13.5. The lowest BCUT2D eigenvalue weighted by Crippen LogP contribution is -2.06. The summed E-state index contributed by atoms with van der Waals surface area (Å²) in [5.74, 6) is 0.206. The minimum Gasteiger partial charge on any atom is -0.488 e. The first-order chi connectivity index (χ1) is 19.0. The van der Waals surface area contributed by atoms with E-state index in [1.807, 2.05) is 43.3 Å². The molecule has 6 heteroatoms. The Labute approximate surface area is 230 Å². The third kappa shape index (κ3) is 10.4. The van der Waals surface area contributed by atoms with Gasteiger partial charge in [-0.3, -0.25) is 4.79 Å². The van der Waals surface area contributed by atoms with Crippen LogP contribution in [-0.4, -0.2) is 25.2 Å². The first-order valence-electron chi connectivity index (χ1n) is 13.5. The zero-order chi connectivity index (χ0) is 27.9. The molecule has 0 fully saturated rings. The van der Waals surface area contributed by atoms with Crippen molar-refractivity contribution in [3.63, 3.8) is 0 Å². The van der Waals surface area contributed by atoms with Gasteiger partial charge >= 0.3 is 11.9 Å². The lowest BCUT2D eigenvalue weighted by atomic mass is 9.92.